The van der Waals surface area contributed by atoms with E-state index in [0.29, 0.717) is 18.3 Å². The first-order valence-corrected chi connectivity index (χ1v) is 6.60. The molecule has 4 nitrogen and oxygen atoms in total. The van der Waals surface area contributed by atoms with Gasteiger partial charge in [0.1, 0.15) is 5.82 Å². The third-order valence-corrected chi connectivity index (χ3v) is 3.06. The van der Waals surface area contributed by atoms with E-state index in [1.54, 1.807) is 13.0 Å². The molecule has 0 atom stereocenters. The van der Waals surface area contributed by atoms with E-state index < -0.39 is 0 Å². The first kappa shape index (κ1) is 13.3. The number of anilines is 1. The predicted octanol–water partition coefficient (Wildman–Crippen LogP) is 3.80. The molecule has 0 saturated heterocycles. The minimum atomic E-state index is -0.241. The van der Waals surface area contributed by atoms with E-state index in [4.69, 9.17) is 4.42 Å². The molecule has 1 N–H and O–H groups in total. The number of halogens is 1. The molecule has 0 fully saturated rings. The first-order valence-electron chi connectivity index (χ1n) is 6.60. The Bertz CT molecular complexity index is 755. The van der Waals surface area contributed by atoms with Crippen LogP contribution in [0.5, 0.6) is 0 Å². The number of nitrogens with zero attached hydrogens (tertiary/aromatic N) is 2. The zero-order valence-corrected chi connectivity index (χ0v) is 11.5. The van der Waals surface area contributed by atoms with Crippen LogP contribution < -0.4 is 5.32 Å². The Hall–Kier alpha value is -2.69. The molecular weight excluding hydrogens is 269 g/mol. The fourth-order valence-electron chi connectivity index (χ4n) is 2.07. The van der Waals surface area contributed by atoms with E-state index in [1.165, 1.54) is 12.1 Å². The van der Waals surface area contributed by atoms with Crippen molar-refractivity contribution >= 4 is 5.69 Å². The summed E-state index contributed by atoms with van der Waals surface area (Å²) < 4.78 is 18.6. The Morgan fingerprint density at radius 1 is 1.10 bits per heavy atom. The molecule has 1 aromatic heterocycles. The third kappa shape index (κ3) is 3.08. The lowest BCUT2D eigenvalue weighted by molar-refractivity contribution is 0.533. The van der Waals surface area contributed by atoms with E-state index in [9.17, 15) is 4.39 Å². The summed E-state index contributed by atoms with van der Waals surface area (Å²) in [4.78, 5) is 0. The van der Waals surface area contributed by atoms with Crippen molar-refractivity contribution in [3.63, 3.8) is 0 Å². The van der Waals surface area contributed by atoms with Crippen LogP contribution in [-0.2, 0) is 6.54 Å². The summed E-state index contributed by atoms with van der Waals surface area (Å²) in [5, 5.41) is 11.1. The van der Waals surface area contributed by atoms with Crippen molar-refractivity contribution in [3.8, 4) is 11.5 Å². The van der Waals surface area contributed by atoms with Gasteiger partial charge in [-0.2, -0.15) is 0 Å². The van der Waals surface area contributed by atoms with Crippen molar-refractivity contribution in [2.24, 2.45) is 0 Å². The average Bonchev–Trinajstić information content (AvgIpc) is 2.92. The van der Waals surface area contributed by atoms with Crippen molar-refractivity contribution in [2.45, 2.75) is 13.5 Å². The maximum atomic E-state index is 13.2. The Balaban J connectivity index is 1.83. The molecule has 0 radical (unpaired) electrons. The Kier molecular flexibility index (Phi) is 3.64. The summed E-state index contributed by atoms with van der Waals surface area (Å²) in [5.41, 5.74) is 2.56. The minimum Gasteiger partial charge on any atom is -0.421 e. The second-order valence-corrected chi connectivity index (χ2v) is 4.66. The topological polar surface area (TPSA) is 51.0 Å². The summed E-state index contributed by atoms with van der Waals surface area (Å²) in [6.45, 7) is 2.27. The van der Waals surface area contributed by atoms with Crippen LogP contribution in [0.25, 0.3) is 11.5 Å². The van der Waals surface area contributed by atoms with Crippen LogP contribution in [0.1, 0.15) is 11.5 Å². The number of para-hydroxylation sites is 1. The van der Waals surface area contributed by atoms with Gasteiger partial charge in [0.2, 0.25) is 11.8 Å². The van der Waals surface area contributed by atoms with Crippen LogP contribution in [0.3, 0.4) is 0 Å². The van der Waals surface area contributed by atoms with Crippen LogP contribution in [0.2, 0.25) is 0 Å². The quantitative estimate of drug-likeness (QED) is 0.791. The highest BCUT2D eigenvalue weighted by molar-refractivity contribution is 5.72. The van der Waals surface area contributed by atoms with Crippen LogP contribution in [0.15, 0.2) is 52.9 Å². The zero-order chi connectivity index (χ0) is 14.7. The zero-order valence-electron chi connectivity index (χ0n) is 11.5. The van der Waals surface area contributed by atoms with Crippen molar-refractivity contribution in [1.82, 2.24) is 10.2 Å². The lowest BCUT2D eigenvalue weighted by Gasteiger charge is -2.09. The highest BCUT2D eigenvalue weighted by Gasteiger charge is 2.10. The molecule has 3 rings (SSSR count). The van der Waals surface area contributed by atoms with Crippen LogP contribution in [0.4, 0.5) is 10.1 Å². The van der Waals surface area contributed by atoms with Gasteiger partial charge in [0.25, 0.3) is 0 Å². The van der Waals surface area contributed by atoms with Crippen molar-refractivity contribution < 1.29 is 8.81 Å². The van der Waals surface area contributed by atoms with Gasteiger partial charge in [0.15, 0.2) is 0 Å². The molecule has 1 heterocycles. The minimum absolute atomic E-state index is 0.241. The number of hydrogen-bond acceptors (Lipinski definition) is 4. The second kappa shape index (κ2) is 5.75. The average molecular weight is 283 g/mol. The smallest absolute Gasteiger partial charge is 0.249 e. The standard InChI is InChI=1S/C16H14FN3O/c1-11-19-20-16(21-11)14-7-2-3-8-15(14)18-10-12-5-4-6-13(17)9-12/h2-9,18H,10H2,1H3. The Morgan fingerprint density at radius 2 is 1.95 bits per heavy atom. The third-order valence-electron chi connectivity index (χ3n) is 3.06. The highest BCUT2D eigenvalue weighted by atomic mass is 19.1. The van der Waals surface area contributed by atoms with Crippen molar-refractivity contribution in [1.29, 1.82) is 0 Å². The molecule has 0 spiro atoms. The molecule has 5 heteroatoms. The summed E-state index contributed by atoms with van der Waals surface area (Å²) in [7, 11) is 0. The van der Waals surface area contributed by atoms with Crippen LogP contribution >= 0.6 is 0 Å². The molecule has 2 aromatic carbocycles. The van der Waals surface area contributed by atoms with Gasteiger partial charge in [0.05, 0.1) is 5.56 Å². The number of rotatable bonds is 4. The fraction of sp³-hybridized carbons (Fsp3) is 0.125. The number of benzene rings is 2. The Labute approximate surface area is 121 Å². The van der Waals surface area contributed by atoms with Gasteiger partial charge in [-0.15, -0.1) is 10.2 Å². The lowest BCUT2D eigenvalue weighted by atomic mass is 10.1. The van der Waals surface area contributed by atoms with E-state index in [0.717, 1.165) is 16.8 Å². The SMILES string of the molecule is Cc1nnc(-c2ccccc2NCc2cccc(F)c2)o1. The molecule has 0 aliphatic rings. The number of aromatic nitrogens is 2. The molecule has 21 heavy (non-hydrogen) atoms. The van der Waals surface area contributed by atoms with Gasteiger partial charge in [-0.3, -0.25) is 0 Å². The number of hydrogen-bond donors (Lipinski definition) is 1. The van der Waals surface area contributed by atoms with Gasteiger partial charge in [-0.25, -0.2) is 4.39 Å². The van der Waals surface area contributed by atoms with E-state index >= 15 is 0 Å². The summed E-state index contributed by atoms with van der Waals surface area (Å²) >= 11 is 0. The second-order valence-electron chi connectivity index (χ2n) is 4.66. The van der Waals surface area contributed by atoms with E-state index in [1.807, 2.05) is 30.3 Å². The predicted molar refractivity (Wildman–Crippen MR) is 78.2 cm³/mol. The lowest BCUT2D eigenvalue weighted by Crippen LogP contribution is -2.01. The van der Waals surface area contributed by atoms with Gasteiger partial charge in [0, 0.05) is 19.2 Å². The van der Waals surface area contributed by atoms with Crippen molar-refractivity contribution in [3.05, 3.63) is 65.8 Å². The molecule has 0 bridgehead atoms. The molecule has 0 aliphatic carbocycles. The van der Waals surface area contributed by atoms with E-state index in [2.05, 4.69) is 15.5 Å². The maximum Gasteiger partial charge on any atom is 0.249 e. The summed E-state index contributed by atoms with van der Waals surface area (Å²) in [5.74, 6) is 0.745. The highest BCUT2D eigenvalue weighted by Crippen LogP contribution is 2.27. The molecule has 0 amide bonds. The maximum absolute atomic E-state index is 13.2. The van der Waals surface area contributed by atoms with Crippen LogP contribution in [-0.4, -0.2) is 10.2 Å². The number of aryl methyl sites for hydroxylation is 1. The first-order chi connectivity index (χ1) is 10.2. The van der Waals surface area contributed by atoms with Gasteiger partial charge in [-0.05, 0) is 29.8 Å². The summed E-state index contributed by atoms with van der Waals surface area (Å²) in [6, 6.07) is 14.2. The molecular formula is C16H14FN3O. The molecule has 0 saturated carbocycles. The van der Waals surface area contributed by atoms with E-state index in [-0.39, 0.29) is 5.82 Å². The van der Waals surface area contributed by atoms with Crippen LogP contribution in [0, 0.1) is 12.7 Å². The Morgan fingerprint density at radius 3 is 2.71 bits per heavy atom. The molecule has 106 valence electrons. The van der Waals surface area contributed by atoms with Crippen molar-refractivity contribution in [2.75, 3.05) is 5.32 Å². The fourth-order valence-corrected chi connectivity index (χ4v) is 2.07. The summed E-state index contributed by atoms with van der Waals surface area (Å²) in [6.07, 6.45) is 0. The van der Waals surface area contributed by atoms with Gasteiger partial charge >= 0.3 is 0 Å². The molecule has 0 aliphatic heterocycles. The molecule has 0 unspecified atom stereocenters. The molecule has 3 aromatic rings. The normalized spacial score (nSPS) is 10.6. The number of nitrogens with one attached hydrogen (secondary N) is 1. The largest absolute Gasteiger partial charge is 0.421 e. The van der Waals surface area contributed by atoms with Gasteiger partial charge < -0.3 is 9.73 Å². The monoisotopic (exact) mass is 283 g/mol. The van der Waals surface area contributed by atoms with Gasteiger partial charge in [-0.1, -0.05) is 24.3 Å².